The molecule has 8 heteroatoms. The van der Waals surface area contributed by atoms with E-state index in [0.29, 0.717) is 29.2 Å². The van der Waals surface area contributed by atoms with Gasteiger partial charge in [0.2, 0.25) is 5.88 Å². The molecular weight excluding hydrogens is 448 g/mol. The molecule has 0 spiro atoms. The fourth-order valence-electron chi connectivity index (χ4n) is 4.76. The second-order valence-electron chi connectivity index (χ2n) is 8.98. The van der Waals surface area contributed by atoms with E-state index in [9.17, 15) is 4.79 Å². The number of rotatable bonds is 9. The highest BCUT2D eigenvalue weighted by Gasteiger charge is 2.22. The number of aryl methyl sites for hydroxylation is 1. The molecule has 0 atom stereocenters. The molecule has 0 aliphatic heterocycles. The Morgan fingerprint density at radius 2 is 1.88 bits per heavy atom. The highest BCUT2D eigenvalue weighted by molar-refractivity contribution is 7.20. The summed E-state index contributed by atoms with van der Waals surface area (Å²) in [6.45, 7) is 3.59. The fraction of sp³-hybridized carbons (Fsp3) is 0.500. The number of hydrogen-bond acceptors (Lipinski definition) is 7. The second kappa shape index (κ2) is 11.3. The van der Waals surface area contributed by atoms with Gasteiger partial charge in [0, 0.05) is 26.2 Å². The van der Waals surface area contributed by atoms with E-state index in [-0.39, 0.29) is 12.5 Å². The standard InChI is InChI=1S/C26H34N4O3S/c1-17-22-25(33-4)28-21(16-32-3)29-26(22)34-23(17)24(31)27-14-18-10-8-9-11-19(18)15-30(2)20-12-6-5-7-13-20/h8-11,20H,5-7,12-16H2,1-4H3,(H,27,31). The van der Waals surface area contributed by atoms with Gasteiger partial charge in [0.05, 0.1) is 17.4 Å². The van der Waals surface area contributed by atoms with Gasteiger partial charge >= 0.3 is 0 Å². The number of fused-ring (bicyclic) bond motifs is 1. The molecule has 2 aromatic heterocycles. The fourth-order valence-corrected chi connectivity index (χ4v) is 5.87. The Bertz CT molecular complexity index is 1140. The summed E-state index contributed by atoms with van der Waals surface area (Å²) in [6.07, 6.45) is 6.56. The minimum absolute atomic E-state index is 0.105. The van der Waals surface area contributed by atoms with E-state index >= 15 is 0 Å². The summed E-state index contributed by atoms with van der Waals surface area (Å²) in [4.78, 5) is 26.0. The van der Waals surface area contributed by atoms with Crippen molar-refractivity contribution in [3.05, 3.63) is 51.7 Å². The van der Waals surface area contributed by atoms with Gasteiger partial charge in [-0.2, -0.15) is 4.98 Å². The Balaban J connectivity index is 1.49. The molecule has 182 valence electrons. The number of benzene rings is 1. The summed E-state index contributed by atoms with van der Waals surface area (Å²) in [5.74, 6) is 0.906. The number of methoxy groups -OCH3 is 2. The lowest BCUT2D eigenvalue weighted by Crippen LogP contribution is -2.33. The van der Waals surface area contributed by atoms with Gasteiger partial charge in [-0.05, 0) is 43.5 Å². The highest BCUT2D eigenvalue weighted by Crippen LogP contribution is 2.35. The van der Waals surface area contributed by atoms with Gasteiger partial charge < -0.3 is 14.8 Å². The van der Waals surface area contributed by atoms with E-state index in [2.05, 4.69) is 45.4 Å². The van der Waals surface area contributed by atoms with Crippen LogP contribution in [0.2, 0.25) is 0 Å². The number of nitrogens with one attached hydrogen (secondary N) is 1. The van der Waals surface area contributed by atoms with E-state index in [1.807, 2.05) is 13.0 Å². The van der Waals surface area contributed by atoms with Gasteiger partial charge in [-0.25, -0.2) is 4.98 Å². The summed E-state index contributed by atoms with van der Waals surface area (Å²) in [7, 11) is 5.40. The molecule has 4 rings (SSSR count). The Morgan fingerprint density at radius 3 is 2.59 bits per heavy atom. The average molecular weight is 483 g/mol. The predicted octanol–water partition coefficient (Wildman–Crippen LogP) is 4.85. The first kappa shape index (κ1) is 24.6. The smallest absolute Gasteiger partial charge is 0.261 e. The zero-order valence-corrected chi connectivity index (χ0v) is 21.3. The number of carbonyl (C=O) groups is 1. The lowest BCUT2D eigenvalue weighted by molar-refractivity contribution is 0.0954. The molecule has 3 aromatic rings. The minimum atomic E-state index is -0.105. The largest absolute Gasteiger partial charge is 0.480 e. The van der Waals surface area contributed by atoms with Gasteiger partial charge in [-0.3, -0.25) is 9.69 Å². The zero-order valence-electron chi connectivity index (χ0n) is 20.5. The van der Waals surface area contributed by atoms with Crippen LogP contribution < -0.4 is 10.1 Å². The number of hydrogen-bond donors (Lipinski definition) is 1. The van der Waals surface area contributed by atoms with Crippen molar-refractivity contribution in [1.29, 1.82) is 0 Å². The van der Waals surface area contributed by atoms with Gasteiger partial charge in [-0.1, -0.05) is 43.5 Å². The molecule has 2 heterocycles. The molecule has 0 radical (unpaired) electrons. The lowest BCUT2D eigenvalue weighted by Gasteiger charge is -2.31. The zero-order chi connectivity index (χ0) is 24.1. The predicted molar refractivity (Wildman–Crippen MR) is 135 cm³/mol. The molecule has 0 bridgehead atoms. The van der Waals surface area contributed by atoms with E-state index in [0.717, 1.165) is 27.9 Å². The Hall–Kier alpha value is -2.55. The van der Waals surface area contributed by atoms with Gasteiger partial charge in [0.15, 0.2) is 5.82 Å². The maximum atomic E-state index is 13.2. The summed E-state index contributed by atoms with van der Waals surface area (Å²) in [5.41, 5.74) is 3.25. The number of amides is 1. The quantitative estimate of drug-likeness (QED) is 0.470. The van der Waals surface area contributed by atoms with Crippen LogP contribution in [0.5, 0.6) is 5.88 Å². The monoisotopic (exact) mass is 482 g/mol. The van der Waals surface area contributed by atoms with Crippen molar-refractivity contribution >= 4 is 27.5 Å². The summed E-state index contributed by atoms with van der Waals surface area (Å²) in [6, 6.07) is 9.04. The molecule has 1 fully saturated rings. The summed E-state index contributed by atoms with van der Waals surface area (Å²) in [5, 5.41) is 3.91. The summed E-state index contributed by atoms with van der Waals surface area (Å²) < 4.78 is 10.7. The van der Waals surface area contributed by atoms with Crippen molar-refractivity contribution in [2.45, 2.75) is 64.8 Å². The molecule has 1 aliphatic carbocycles. The van der Waals surface area contributed by atoms with Crippen molar-refractivity contribution in [1.82, 2.24) is 20.2 Å². The number of ether oxygens (including phenoxy) is 2. The number of aromatic nitrogens is 2. The second-order valence-corrected chi connectivity index (χ2v) is 9.98. The highest BCUT2D eigenvalue weighted by atomic mass is 32.1. The van der Waals surface area contributed by atoms with Crippen LogP contribution in [-0.2, 0) is 24.4 Å². The minimum Gasteiger partial charge on any atom is -0.480 e. The van der Waals surface area contributed by atoms with Crippen LogP contribution in [-0.4, -0.2) is 48.1 Å². The summed E-state index contributed by atoms with van der Waals surface area (Å²) >= 11 is 1.36. The van der Waals surface area contributed by atoms with E-state index in [1.165, 1.54) is 49.0 Å². The van der Waals surface area contributed by atoms with Crippen LogP contribution in [0.3, 0.4) is 0 Å². The van der Waals surface area contributed by atoms with Gasteiger partial charge in [-0.15, -0.1) is 11.3 Å². The lowest BCUT2D eigenvalue weighted by atomic mass is 9.94. The molecule has 1 amide bonds. The van der Waals surface area contributed by atoms with E-state index in [4.69, 9.17) is 9.47 Å². The topological polar surface area (TPSA) is 76.6 Å². The first-order valence-corrected chi connectivity index (χ1v) is 12.7. The van der Waals surface area contributed by atoms with Crippen molar-refractivity contribution in [2.75, 3.05) is 21.3 Å². The Kier molecular flexibility index (Phi) is 8.13. The Morgan fingerprint density at radius 1 is 1.15 bits per heavy atom. The van der Waals surface area contributed by atoms with Crippen LogP contribution in [0, 0.1) is 6.92 Å². The first-order valence-electron chi connectivity index (χ1n) is 11.9. The number of thiophene rings is 1. The molecule has 1 aromatic carbocycles. The third kappa shape index (κ3) is 5.40. The van der Waals surface area contributed by atoms with Gasteiger partial charge in [0.25, 0.3) is 5.91 Å². The van der Waals surface area contributed by atoms with Gasteiger partial charge in [0.1, 0.15) is 11.4 Å². The molecular formula is C26H34N4O3S. The van der Waals surface area contributed by atoms with E-state index < -0.39 is 0 Å². The van der Waals surface area contributed by atoms with Crippen molar-refractivity contribution in [2.24, 2.45) is 0 Å². The maximum absolute atomic E-state index is 13.2. The van der Waals surface area contributed by atoms with Crippen LogP contribution in [0.15, 0.2) is 24.3 Å². The third-order valence-electron chi connectivity index (χ3n) is 6.65. The molecule has 1 saturated carbocycles. The van der Waals surface area contributed by atoms with E-state index in [1.54, 1.807) is 14.2 Å². The molecule has 7 nitrogen and oxygen atoms in total. The number of carbonyl (C=O) groups excluding carboxylic acids is 1. The van der Waals surface area contributed by atoms with Crippen LogP contribution in [0.1, 0.15) is 64.3 Å². The van der Waals surface area contributed by atoms with Crippen LogP contribution in [0.25, 0.3) is 10.2 Å². The molecule has 34 heavy (non-hydrogen) atoms. The normalized spacial score (nSPS) is 14.6. The van der Waals surface area contributed by atoms with Crippen molar-refractivity contribution in [3.63, 3.8) is 0 Å². The molecule has 0 saturated heterocycles. The average Bonchev–Trinajstić information content (AvgIpc) is 3.20. The molecule has 1 N–H and O–H groups in total. The van der Waals surface area contributed by atoms with Crippen LogP contribution in [0.4, 0.5) is 0 Å². The van der Waals surface area contributed by atoms with Crippen molar-refractivity contribution in [3.8, 4) is 5.88 Å². The number of nitrogens with zero attached hydrogens (tertiary/aromatic N) is 3. The first-order chi connectivity index (χ1) is 16.5. The maximum Gasteiger partial charge on any atom is 0.261 e. The Labute approximate surface area is 205 Å². The van der Waals surface area contributed by atoms with Crippen molar-refractivity contribution < 1.29 is 14.3 Å². The molecule has 0 unspecified atom stereocenters. The van der Waals surface area contributed by atoms with Crippen LogP contribution >= 0.6 is 11.3 Å². The third-order valence-corrected chi connectivity index (χ3v) is 7.84. The molecule has 1 aliphatic rings. The SMILES string of the molecule is COCc1nc(OC)c2c(C)c(C(=O)NCc3ccccc3CN(C)C3CCCCC3)sc2n1.